The van der Waals surface area contributed by atoms with Crippen molar-refractivity contribution in [3.63, 3.8) is 0 Å². The summed E-state index contributed by atoms with van der Waals surface area (Å²) in [4.78, 5) is 3.14. The quantitative estimate of drug-likeness (QED) is 0.124. The van der Waals surface area contributed by atoms with Gasteiger partial charge in [0.15, 0.2) is 0 Å². The fourth-order valence-corrected chi connectivity index (χ4v) is 8.10. The number of halogens is 4. The maximum atomic E-state index is 13.9. The molecule has 0 aliphatic carbocycles. The van der Waals surface area contributed by atoms with E-state index in [9.17, 15) is 17.6 Å². The number of thiophene rings is 1. The van der Waals surface area contributed by atoms with Crippen molar-refractivity contribution in [2.45, 2.75) is 63.4 Å². The second-order valence-electron chi connectivity index (χ2n) is 10.8. The summed E-state index contributed by atoms with van der Waals surface area (Å²) in [5.74, 6) is 0.299. The van der Waals surface area contributed by atoms with Crippen molar-refractivity contribution in [3.8, 4) is 32.4 Å². The number of alkyl halides is 4. The Kier molecular flexibility index (Phi) is 9.22. The molecule has 0 spiro atoms. The van der Waals surface area contributed by atoms with Crippen LogP contribution in [0.5, 0.6) is 11.5 Å². The molecule has 0 saturated heterocycles. The zero-order valence-electron chi connectivity index (χ0n) is 24.6. The lowest BCUT2D eigenvalue weighted by molar-refractivity contribution is -0.181. The smallest absolute Gasteiger partial charge is 0.397 e. The van der Waals surface area contributed by atoms with Gasteiger partial charge >= 0.3 is 12.2 Å². The minimum Gasteiger partial charge on any atom is -0.433 e. The Bertz CT molecular complexity index is 1800. The van der Waals surface area contributed by atoms with Crippen LogP contribution in [0.25, 0.3) is 36.8 Å². The van der Waals surface area contributed by atoms with Crippen LogP contribution >= 0.6 is 34.8 Å². The van der Waals surface area contributed by atoms with Gasteiger partial charge in [0.05, 0.1) is 24.6 Å². The zero-order chi connectivity index (χ0) is 31.6. The highest BCUT2D eigenvalue weighted by Crippen LogP contribution is 2.50. The van der Waals surface area contributed by atoms with Crippen LogP contribution in [0.3, 0.4) is 0 Å². The van der Waals surface area contributed by atoms with E-state index in [4.69, 9.17) is 9.47 Å². The van der Waals surface area contributed by atoms with Gasteiger partial charge in [0.2, 0.25) is 0 Å². The molecule has 0 amide bonds. The number of allylic oxidation sites excluding steroid dienone is 1. The van der Waals surface area contributed by atoms with Crippen LogP contribution < -0.4 is 9.47 Å². The Hall–Kier alpha value is -3.41. The second-order valence-corrected chi connectivity index (χ2v) is 13.6. The predicted molar refractivity (Wildman–Crippen MR) is 176 cm³/mol. The highest BCUT2D eigenvalue weighted by molar-refractivity contribution is 8.08. The van der Waals surface area contributed by atoms with Gasteiger partial charge in [-0.2, -0.15) is 26.3 Å². The van der Waals surface area contributed by atoms with E-state index in [0.717, 1.165) is 54.4 Å². The molecule has 3 heterocycles. The summed E-state index contributed by atoms with van der Waals surface area (Å²) in [7, 11) is 0. The summed E-state index contributed by atoms with van der Waals surface area (Å²) in [6.45, 7) is 3.40. The van der Waals surface area contributed by atoms with Gasteiger partial charge in [-0.1, -0.05) is 44.2 Å². The van der Waals surface area contributed by atoms with Crippen LogP contribution in [-0.4, -0.2) is 21.0 Å². The molecule has 1 unspecified atom stereocenters. The van der Waals surface area contributed by atoms with Crippen molar-refractivity contribution in [1.29, 1.82) is 0 Å². The Morgan fingerprint density at radius 3 is 1.89 bits per heavy atom. The molecule has 0 bridgehead atoms. The molecular weight excluding hydrogens is 641 g/mol. The average molecular weight is 671 g/mol. The fourth-order valence-electron chi connectivity index (χ4n) is 5.21. The summed E-state index contributed by atoms with van der Waals surface area (Å²) in [5.41, 5.74) is 5.61. The van der Waals surface area contributed by atoms with Crippen molar-refractivity contribution in [1.82, 2.24) is 8.75 Å². The van der Waals surface area contributed by atoms with Gasteiger partial charge in [0.25, 0.3) is 0 Å². The summed E-state index contributed by atoms with van der Waals surface area (Å²) in [5, 5.41) is 0.154. The first-order chi connectivity index (χ1) is 21.6. The van der Waals surface area contributed by atoms with Crippen LogP contribution in [0.1, 0.15) is 62.3 Å². The monoisotopic (exact) mass is 670 g/mol. The molecule has 2 aromatic heterocycles. The first-order valence-corrected chi connectivity index (χ1v) is 17.1. The molecule has 1 atom stereocenters. The predicted octanol–water partition coefficient (Wildman–Crippen LogP) is 11.8. The largest absolute Gasteiger partial charge is 0.433 e. The molecule has 0 fully saturated rings. The van der Waals surface area contributed by atoms with Gasteiger partial charge in [0.1, 0.15) is 22.5 Å². The van der Waals surface area contributed by atoms with Gasteiger partial charge in [0, 0.05) is 31.0 Å². The molecule has 0 saturated carbocycles. The van der Waals surface area contributed by atoms with Crippen molar-refractivity contribution in [3.05, 3.63) is 90.0 Å². The number of hydrogen-bond donors (Lipinski definition) is 0. The number of thioether (sulfide) groups is 1. The second kappa shape index (κ2) is 13.1. The summed E-state index contributed by atoms with van der Waals surface area (Å²) < 4.78 is 74.5. The Labute approximate surface area is 271 Å². The molecule has 6 rings (SSSR count). The maximum Gasteiger partial charge on any atom is 0.397 e. The number of ether oxygens (including phenoxy) is 2. The maximum absolute atomic E-state index is 13.9. The van der Waals surface area contributed by atoms with Crippen molar-refractivity contribution < 1.29 is 27.0 Å². The number of hydrogen-bond acceptors (Lipinski definition) is 7. The topological polar surface area (TPSA) is 44.2 Å². The molecule has 4 nitrogen and oxygen atoms in total. The summed E-state index contributed by atoms with van der Waals surface area (Å²) in [6.07, 6.45) is -3.33. The Morgan fingerprint density at radius 1 is 0.711 bits per heavy atom. The number of rotatable bonds is 12. The Balaban J connectivity index is 1.16. The van der Waals surface area contributed by atoms with Crippen molar-refractivity contribution >= 4 is 50.8 Å². The van der Waals surface area contributed by atoms with Gasteiger partial charge in [-0.15, -0.1) is 23.1 Å². The van der Waals surface area contributed by atoms with E-state index < -0.39 is 12.2 Å². The molecule has 1 aliphatic heterocycles. The third-order valence-electron chi connectivity index (χ3n) is 7.35. The highest BCUT2D eigenvalue weighted by Gasteiger charge is 2.31. The third-order valence-corrected chi connectivity index (χ3v) is 10.4. The van der Waals surface area contributed by atoms with Crippen LogP contribution in [-0.2, 0) is 0 Å². The van der Waals surface area contributed by atoms with Gasteiger partial charge < -0.3 is 9.47 Å². The first-order valence-electron chi connectivity index (χ1n) is 14.7. The highest BCUT2D eigenvalue weighted by atomic mass is 32.2. The van der Waals surface area contributed by atoms with Gasteiger partial charge in [-0.25, -0.2) is 0 Å². The lowest BCUT2D eigenvalue weighted by atomic mass is 10.1. The normalized spacial score (nSPS) is 15.4. The summed E-state index contributed by atoms with van der Waals surface area (Å²) >= 11 is 4.50. The summed E-state index contributed by atoms with van der Waals surface area (Å²) in [6, 6.07) is 21.9. The number of fused-ring (bicyclic) bond motifs is 1. The van der Waals surface area contributed by atoms with E-state index >= 15 is 0 Å². The van der Waals surface area contributed by atoms with Crippen LogP contribution in [0.2, 0.25) is 0 Å². The standard InChI is InChI=1S/C34H30F4N2O2S3/c1-3-19-33(35,36)41-23-9-5-21(6-10-23)27-15-17-29(43-27)25-13-14-26(32-31(25)39-45-40-32)30-18-16-28(44-30)22-7-11-24(12-8-22)42-34(37,38)20-4-2/h5-15,17-18,28H,3-4,16,19-20H2,1-2H3. The molecule has 0 N–H and O–H groups in total. The average Bonchev–Trinajstić information content (AvgIpc) is 3.79. The van der Waals surface area contributed by atoms with E-state index in [2.05, 4.69) is 27.0 Å². The first kappa shape index (κ1) is 31.6. The van der Waals surface area contributed by atoms with Crippen molar-refractivity contribution in [2.24, 2.45) is 0 Å². The zero-order valence-corrected chi connectivity index (χ0v) is 27.0. The molecular formula is C34H30F4N2O2S3. The van der Waals surface area contributed by atoms with E-state index in [1.165, 1.54) is 11.7 Å². The molecule has 3 aromatic carbocycles. The fraction of sp³-hybridized carbons (Fsp3) is 0.294. The lowest BCUT2D eigenvalue weighted by Crippen LogP contribution is -2.24. The molecule has 45 heavy (non-hydrogen) atoms. The van der Waals surface area contributed by atoms with Gasteiger partial charge in [-0.05, 0) is 78.9 Å². The molecule has 11 heteroatoms. The van der Waals surface area contributed by atoms with E-state index in [0.29, 0.717) is 12.8 Å². The minimum atomic E-state index is -3.18. The number of nitrogens with zero attached hydrogens (tertiary/aromatic N) is 2. The molecule has 5 aromatic rings. The SMILES string of the molecule is CCCC(F)(F)Oc1ccc(-c2ccc(-c3ccc(C4=CCC(c5ccc(OC(F)(F)CCC)cc5)S4)c4nsnc34)s2)cc1. The van der Waals surface area contributed by atoms with E-state index in [-0.39, 0.29) is 29.6 Å². The minimum absolute atomic E-state index is 0.138. The van der Waals surface area contributed by atoms with E-state index in [1.807, 2.05) is 24.3 Å². The molecule has 1 aliphatic rings. The van der Waals surface area contributed by atoms with Crippen molar-refractivity contribution in [2.75, 3.05) is 0 Å². The Morgan fingerprint density at radius 2 is 1.27 bits per heavy atom. The van der Waals surface area contributed by atoms with Crippen LogP contribution in [0.15, 0.2) is 78.9 Å². The molecule has 234 valence electrons. The number of benzene rings is 3. The van der Waals surface area contributed by atoms with Gasteiger partial charge in [-0.3, -0.25) is 0 Å². The van der Waals surface area contributed by atoms with E-state index in [1.54, 1.807) is 73.3 Å². The van der Waals surface area contributed by atoms with Crippen LogP contribution in [0.4, 0.5) is 17.6 Å². The van der Waals surface area contributed by atoms with Crippen LogP contribution in [0, 0.1) is 0 Å². The number of aromatic nitrogens is 2. The lowest BCUT2D eigenvalue weighted by Gasteiger charge is -2.18. The molecule has 0 radical (unpaired) electrons. The third kappa shape index (κ3) is 7.21.